The molecular formula is C12H16N3O2-. The van der Waals surface area contributed by atoms with Crippen molar-refractivity contribution in [2.45, 2.75) is 19.4 Å². The molecule has 5 nitrogen and oxygen atoms in total. The Hall–Kier alpha value is -1.59. The third kappa shape index (κ3) is 1.87. The van der Waals surface area contributed by atoms with E-state index < -0.39 is 17.4 Å². The fraction of sp³-hybridized carbons (Fsp3) is 0.417. The highest BCUT2D eigenvalue weighted by molar-refractivity contribution is 5.79. The van der Waals surface area contributed by atoms with Crippen LogP contribution in [0.4, 0.5) is 5.69 Å². The zero-order chi connectivity index (χ0) is 12.6. The number of hydroxylamine groups is 1. The molecule has 0 aromatic heterocycles. The van der Waals surface area contributed by atoms with Crippen LogP contribution < -0.4 is 10.7 Å². The van der Waals surface area contributed by atoms with Gasteiger partial charge in [-0.1, -0.05) is 18.2 Å². The zero-order valence-corrected chi connectivity index (χ0v) is 9.96. The number of hydrazine groups is 1. The number of rotatable bonds is 2. The van der Waals surface area contributed by atoms with E-state index in [0.717, 1.165) is 10.9 Å². The van der Waals surface area contributed by atoms with Crippen LogP contribution >= 0.6 is 0 Å². The van der Waals surface area contributed by atoms with Gasteiger partial charge in [0.15, 0.2) is 0 Å². The molecule has 1 amide bonds. The molecule has 1 aliphatic rings. The van der Waals surface area contributed by atoms with Gasteiger partial charge in [-0.15, -0.1) is 0 Å². The average molecular weight is 234 g/mol. The van der Waals surface area contributed by atoms with E-state index in [-0.39, 0.29) is 0 Å². The van der Waals surface area contributed by atoms with Crippen molar-refractivity contribution >= 4 is 11.6 Å². The van der Waals surface area contributed by atoms with E-state index >= 15 is 0 Å². The number of hydrogen-bond donors (Lipinski definition) is 1. The van der Waals surface area contributed by atoms with Crippen molar-refractivity contribution in [2.75, 3.05) is 11.6 Å². The summed E-state index contributed by atoms with van der Waals surface area (Å²) in [6.45, 7) is 3.80. The van der Waals surface area contributed by atoms with Crippen LogP contribution in [0.1, 0.15) is 13.8 Å². The van der Waals surface area contributed by atoms with Crippen LogP contribution in [0.2, 0.25) is 0 Å². The summed E-state index contributed by atoms with van der Waals surface area (Å²) in [5.41, 5.74) is 5.32. The largest absolute Gasteiger partial charge is 0.767 e. The van der Waals surface area contributed by atoms with Crippen molar-refractivity contribution in [3.8, 4) is 0 Å². The molecule has 0 spiro atoms. The molecule has 1 aromatic rings. The predicted octanol–water partition coefficient (Wildman–Crippen LogP) is 1.10. The van der Waals surface area contributed by atoms with Crippen LogP contribution in [0, 0.1) is 11.1 Å². The number of nitrogens with two attached hydrogens (primary N) is 1. The van der Waals surface area contributed by atoms with E-state index in [4.69, 9.17) is 5.73 Å². The molecule has 1 atom stereocenters. The van der Waals surface area contributed by atoms with Crippen LogP contribution in [-0.4, -0.2) is 23.2 Å². The van der Waals surface area contributed by atoms with Gasteiger partial charge in [0, 0.05) is 12.1 Å². The summed E-state index contributed by atoms with van der Waals surface area (Å²) in [6, 6.07) is 9.27. The molecule has 92 valence electrons. The van der Waals surface area contributed by atoms with Gasteiger partial charge in [-0.25, -0.2) is 0 Å². The number of amides is 1. The van der Waals surface area contributed by atoms with E-state index in [1.54, 1.807) is 18.9 Å². The van der Waals surface area contributed by atoms with Gasteiger partial charge in [-0.3, -0.25) is 9.97 Å². The van der Waals surface area contributed by atoms with E-state index in [1.807, 2.05) is 30.3 Å². The van der Waals surface area contributed by atoms with Crippen LogP contribution in [0.3, 0.4) is 0 Å². The highest BCUT2D eigenvalue weighted by Gasteiger charge is 2.44. The van der Waals surface area contributed by atoms with E-state index in [9.17, 15) is 10.0 Å². The molecule has 17 heavy (non-hydrogen) atoms. The molecule has 2 N–H and O–H groups in total. The molecule has 1 aromatic carbocycles. The summed E-state index contributed by atoms with van der Waals surface area (Å²) in [4.78, 5) is 11.4. The number of para-hydroxylation sites is 1. The van der Waals surface area contributed by atoms with Crippen LogP contribution in [0.5, 0.6) is 0 Å². The van der Waals surface area contributed by atoms with E-state index in [1.165, 1.54) is 0 Å². The lowest BCUT2D eigenvalue weighted by Crippen LogP contribution is -2.46. The Morgan fingerprint density at radius 2 is 2.00 bits per heavy atom. The first kappa shape index (κ1) is 11.9. The fourth-order valence-electron chi connectivity index (χ4n) is 2.16. The quantitative estimate of drug-likeness (QED) is 0.831. The van der Waals surface area contributed by atoms with Gasteiger partial charge in [0.2, 0.25) is 5.91 Å². The lowest BCUT2D eigenvalue weighted by molar-refractivity contribution is -0.123. The Balaban J connectivity index is 2.32. The van der Waals surface area contributed by atoms with Gasteiger partial charge in [0.25, 0.3) is 0 Å². The van der Waals surface area contributed by atoms with E-state index in [0.29, 0.717) is 6.54 Å². The number of primary amides is 1. The van der Waals surface area contributed by atoms with E-state index in [2.05, 4.69) is 0 Å². The molecule has 0 bridgehead atoms. The maximum Gasteiger partial charge on any atom is 0.224 e. The number of benzene rings is 1. The molecule has 1 fully saturated rings. The summed E-state index contributed by atoms with van der Waals surface area (Å²) in [5.74, 6) is -0.908. The maximum absolute atomic E-state index is 12.2. The maximum atomic E-state index is 12.2. The Morgan fingerprint density at radius 1 is 1.41 bits per heavy atom. The lowest BCUT2D eigenvalue weighted by Gasteiger charge is -2.44. The average Bonchev–Trinajstić information content (AvgIpc) is 2.52. The Kier molecular flexibility index (Phi) is 2.81. The Morgan fingerprint density at radius 3 is 2.47 bits per heavy atom. The van der Waals surface area contributed by atoms with Gasteiger partial charge in [0.1, 0.15) is 0 Å². The minimum absolute atomic E-state index is 0.329. The molecule has 1 unspecified atom stereocenters. The number of anilines is 1. The molecule has 1 aliphatic heterocycles. The van der Waals surface area contributed by atoms with Gasteiger partial charge >= 0.3 is 0 Å². The number of nitrogens with zero attached hydrogens (tertiary/aromatic N) is 2. The second kappa shape index (κ2) is 4.01. The summed E-state index contributed by atoms with van der Waals surface area (Å²) < 4.78 is 0. The van der Waals surface area contributed by atoms with Crippen molar-refractivity contribution in [1.82, 2.24) is 5.17 Å². The topological polar surface area (TPSA) is 72.6 Å². The highest BCUT2D eigenvalue weighted by atomic mass is 16.6. The summed E-state index contributed by atoms with van der Waals surface area (Å²) >= 11 is 0. The summed E-state index contributed by atoms with van der Waals surface area (Å²) in [7, 11) is 0. The summed E-state index contributed by atoms with van der Waals surface area (Å²) in [5, 5.41) is 14.6. The van der Waals surface area contributed by atoms with Crippen LogP contribution in [0.15, 0.2) is 30.3 Å². The standard InChI is InChI=1S/C12H16N3O2/c1-12(2)10(11(13)16)8-14(15(12)17)9-6-4-3-5-7-9/h3-7,10H,8H2,1-2H3,(H2,13,16)/q-1. The van der Waals surface area contributed by atoms with Crippen LogP contribution in [0.25, 0.3) is 0 Å². The van der Waals surface area contributed by atoms with Gasteiger partial charge in [0.05, 0.1) is 11.6 Å². The van der Waals surface area contributed by atoms with Crippen molar-refractivity contribution in [3.05, 3.63) is 35.5 Å². The fourth-order valence-corrected chi connectivity index (χ4v) is 2.16. The van der Waals surface area contributed by atoms with Crippen molar-refractivity contribution in [2.24, 2.45) is 11.7 Å². The molecule has 0 radical (unpaired) electrons. The molecular weight excluding hydrogens is 218 g/mol. The third-order valence-electron chi connectivity index (χ3n) is 3.32. The second-order valence-corrected chi connectivity index (χ2v) is 4.80. The number of carbonyl (C=O) groups is 1. The first-order chi connectivity index (χ1) is 7.94. The van der Waals surface area contributed by atoms with Crippen molar-refractivity contribution < 1.29 is 4.79 Å². The minimum atomic E-state index is -0.804. The van der Waals surface area contributed by atoms with Crippen molar-refractivity contribution in [3.63, 3.8) is 0 Å². The van der Waals surface area contributed by atoms with Gasteiger partial charge in [-0.05, 0) is 26.0 Å². The normalized spacial score (nSPS) is 23.9. The highest BCUT2D eigenvalue weighted by Crippen LogP contribution is 2.36. The molecule has 1 heterocycles. The van der Waals surface area contributed by atoms with Gasteiger partial charge < -0.3 is 15.9 Å². The van der Waals surface area contributed by atoms with Crippen LogP contribution in [-0.2, 0) is 4.79 Å². The number of hydrogen-bond acceptors (Lipinski definition) is 4. The Labute approximate surface area is 100 Å². The SMILES string of the molecule is CC1(C)C(C(N)=O)CN(c2ccccc2)N1[O-]. The first-order valence-electron chi connectivity index (χ1n) is 5.54. The molecule has 1 saturated heterocycles. The minimum Gasteiger partial charge on any atom is -0.767 e. The lowest BCUT2D eigenvalue weighted by atomic mass is 9.89. The first-order valence-corrected chi connectivity index (χ1v) is 5.54. The smallest absolute Gasteiger partial charge is 0.224 e. The third-order valence-corrected chi connectivity index (χ3v) is 3.32. The Bertz CT molecular complexity index is 419. The monoisotopic (exact) mass is 234 g/mol. The van der Waals surface area contributed by atoms with Crippen molar-refractivity contribution in [1.29, 1.82) is 0 Å². The zero-order valence-electron chi connectivity index (χ0n) is 9.96. The molecule has 2 rings (SSSR count). The summed E-state index contributed by atoms with van der Waals surface area (Å²) in [6.07, 6.45) is 0. The second-order valence-electron chi connectivity index (χ2n) is 4.80. The van der Waals surface area contributed by atoms with Gasteiger partial charge in [-0.2, -0.15) is 0 Å². The molecule has 0 saturated carbocycles. The predicted molar refractivity (Wildman–Crippen MR) is 65.8 cm³/mol. The molecule has 5 heteroatoms. The molecule has 0 aliphatic carbocycles. The number of carbonyl (C=O) groups excluding carboxylic acids is 1.